The zero-order valence-corrected chi connectivity index (χ0v) is 23.6. The Bertz CT molecular complexity index is 1420. The molecule has 0 radical (unpaired) electrons. The van der Waals surface area contributed by atoms with Gasteiger partial charge in [0.15, 0.2) is 0 Å². The van der Waals surface area contributed by atoms with Crippen LogP contribution in [0.15, 0.2) is 72.8 Å². The summed E-state index contributed by atoms with van der Waals surface area (Å²) in [5.41, 5.74) is 2.52. The molecular weight excluding hydrogens is 541 g/mol. The Morgan fingerprint density at radius 1 is 0.976 bits per heavy atom. The molecule has 10 nitrogen and oxygen atoms in total. The number of phenols is 1. The van der Waals surface area contributed by atoms with Crippen LogP contribution in [0.25, 0.3) is 0 Å². The van der Waals surface area contributed by atoms with Gasteiger partial charge in [0.1, 0.15) is 29.5 Å². The van der Waals surface area contributed by atoms with Gasteiger partial charge in [-0.15, -0.1) is 0 Å². The van der Waals surface area contributed by atoms with Crippen LogP contribution in [0.2, 0.25) is 0 Å². The molecule has 2 heterocycles. The minimum absolute atomic E-state index is 0.0681. The van der Waals surface area contributed by atoms with E-state index in [2.05, 4.69) is 5.32 Å². The second-order valence-electron chi connectivity index (χ2n) is 10.5. The van der Waals surface area contributed by atoms with Crippen LogP contribution in [-0.2, 0) is 29.0 Å². The number of hydrazine groups is 1. The predicted molar refractivity (Wildman–Crippen MR) is 153 cm³/mol. The zero-order valence-electron chi connectivity index (χ0n) is 23.6. The SMILES string of the molecule is COc1ccc(CNC(=O)N2C3CN(CCc4ccc(F)cc4)C(=O)C(Cc4ccc(O)cc4)N3C(=O)CN2C)cc1. The number of amides is 4. The maximum absolute atomic E-state index is 13.9. The molecule has 2 unspecified atom stereocenters. The molecule has 42 heavy (non-hydrogen) atoms. The van der Waals surface area contributed by atoms with Gasteiger partial charge in [-0.05, 0) is 59.5 Å². The largest absolute Gasteiger partial charge is 0.508 e. The Labute approximate surface area is 243 Å². The molecule has 0 spiro atoms. The number of phenolic OH excluding ortho intramolecular Hbond substituents is 1. The van der Waals surface area contributed by atoms with Crippen LogP contribution >= 0.6 is 0 Å². The average molecular weight is 576 g/mol. The van der Waals surface area contributed by atoms with E-state index in [1.807, 2.05) is 24.3 Å². The van der Waals surface area contributed by atoms with Gasteiger partial charge in [-0.3, -0.25) is 9.59 Å². The molecule has 0 bridgehead atoms. The van der Waals surface area contributed by atoms with Gasteiger partial charge >= 0.3 is 6.03 Å². The molecule has 5 rings (SSSR count). The van der Waals surface area contributed by atoms with Crippen LogP contribution < -0.4 is 10.1 Å². The number of nitrogens with zero attached hydrogens (tertiary/aromatic N) is 4. The van der Waals surface area contributed by atoms with Crippen LogP contribution in [0.4, 0.5) is 9.18 Å². The lowest BCUT2D eigenvalue weighted by atomic mass is 9.98. The first-order chi connectivity index (χ1) is 20.2. The fourth-order valence-corrected chi connectivity index (χ4v) is 5.48. The second kappa shape index (κ2) is 12.5. The Morgan fingerprint density at radius 2 is 1.62 bits per heavy atom. The van der Waals surface area contributed by atoms with E-state index in [1.165, 1.54) is 34.2 Å². The molecule has 0 aliphatic carbocycles. The molecule has 4 amide bonds. The van der Waals surface area contributed by atoms with Gasteiger partial charge in [0.25, 0.3) is 0 Å². The van der Waals surface area contributed by atoms with Crippen LogP contribution in [0.1, 0.15) is 16.7 Å². The predicted octanol–water partition coefficient (Wildman–Crippen LogP) is 2.76. The monoisotopic (exact) mass is 575 g/mol. The first-order valence-electron chi connectivity index (χ1n) is 13.8. The summed E-state index contributed by atoms with van der Waals surface area (Å²) < 4.78 is 18.6. The molecule has 220 valence electrons. The van der Waals surface area contributed by atoms with Crippen molar-refractivity contribution >= 4 is 17.8 Å². The Morgan fingerprint density at radius 3 is 2.29 bits per heavy atom. The lowest BCUT2D eigenvalue weighted by Crippen LogP contribution is -2.76. The molecule has 0 saturated carbocycles. The second-order valence-corrected chi connectivity index (χ2v) is 10.5. The van der Waals surface area contributed by atoms with E-state index in [-0.39, 0.29) is 49.4 Å². The van der Waals surface area contributed by atoms with E-state index in [4.69, 9.17) is 4.74 Å². The number of piperazine rings is 1. The number of nitrogens with one attached hydrogen (secondary N) is 1. The van der Waals surface area contributed by atoms with Gasteiger partial charge in [0.05, 0.1) is 20.2 Å². The molecule has 2 N–H and O–H groups in total. The molecular formula is C31H34FN5O5. The lowest BCUT2D eigenvalue weighted by Gasteiger charge is -2.54. The van der Waals surface area contributed by atoms with Crippen LogP contribution in [0.3, 0.4) is 0 Å². The topological polar surface area (TPSA) is 106 Å². The third kappa shape index (κ3) is 6.31. The van der Waals surface area contributed by atoms with Crippen LogP contribution in [0.5, 0.6) is 11.5 Å². The number of urea groups is 1. The van der Waals surface area contributed by atoms with E-state index in [0.717, 1.165) is 16.7 Å². The minimum Gasteiger partial charge on any atom is -0.508 e. The first kappa shape index (κ1) is 28.9. The zero-order chi connectivity index (χ0) is 29.8. The number of aromatic hydroxyl groups is 1. The highest BCUT2D eigenvalue weighted by molar-refractivity contribution is 5.91. The summed E-state index contributed by atoms with van der Waals surface area (Å²) in [6.45, 7) is 0.650. The number of benzene rings is 3. The third-order valence-corrected chi connectivity index (χ3v) is 7.70. The number of hydrogen-bond donors (Lipinski definition) is 2. The number of carbonyl (C=O) groups is 3. The van der Waals surface area contributed by atoms with Gasteiger partial charge < -0.3 is 25.0 Å². The molecule has 3 aromatic carbocycles. The number of hydrogen-bond acceptors (Lipinski definition) is 6. The van der Waals surface area contributed by atoms with Crippen molar-refractivity contribution in [2.24, 2.45) is 0 Å². The maximum atomic E-state index is 13.9. The van der Waals surface area contributed by atoms with E-state index in [9.17, 15) is 23.9 Å². The molecule has 2 saturated heterocycles. The van der Waals surface area contributed by atoms with E-state index in [0.29, 0.717) is 18.7 Å². The van der Waals surface area contributed by atoms with Crippen LogP contribution in [-0.4, -0.2) is 88.8 Å². The Balaban J connectivity index is 1.40. The summed E-state index contributed by atoms with van der Waals surface area (Å²) in [5.74, 6) is -0.00225. The van der Waals surface area contributed by atoms with E-state index < -0.39 is 18.2 Å². The number of halogens is 1. The van der Waals surface area contributed by atoms with Crippen molar-refractivity contribution in [1.29, 1.82) is 0 Å². The normalized spacial score (nSPS) is 19.1. The number of ether oxygens (including phenoxy) is 1. The lowest BCUT2D eigenvalue weighted by molar-refractivity contribution is -0.186. The smallest absolute Gasteiger partial charge is 0.334 e. The fourth-order valence-electron chi connectivity index (χ4n) is 5.48. The Kier molecular flexibility index (Phi) is 8.58. The van der Waals surface area contributed by atoms with E-state index in [1.54, 1.807) is 48.3 Å². The highest BCUT2D eigenvalue weighted by atomic mass is 19.1. The number of carbonyl (C=O) groups excluding carboxylic acids is 3. The van der Waals surface area contributed by atoms with Crippen molar-refractivity contribution in [2.45, 2.75) is 31.6 Å². The van der Waals surface area contributed by atoms with Crippen molar-refractivity contribution in [3.05, 3.63) is 95.3 Å². The summed E-state index contributed by atoms with van der Waals surface area (Å²) in [6.07, 6.45) is -0.0301. The molecule has 2 aliphatic heterocycles. The highest BCUT2D eigenvalue weighted by Gasteiger charge is 2.50. The quantitative estimate of drug-likeness (QED) is 0.428. The molecule has 0 aromatic heterocycles. The fraction of sp³-hybridized carbons (Fsp3) is 0.323. The molecule has 11 heteroatoms. The van der Waals surface area contributed by atoms with Crippen molar-refractivity contribution in [3.63, 3.8) is 0 Å². The summed E-state index contributed by atoms with van der Waals surface area (Å²) in [6, 6.07) is 18.7. The van der Waals surface area contributed by atoms with E-state index >= 15 is 0 Å². The summed E-state index contributed by atoms with van der Waals surface area (Å²) in [4.78, 5) is 44.1. The van der Waals surface area contributed by atoms with Gasteiger partial charge in [0.2, 0.25) is 11.8 Å². The molecule has 2 fully saturated rings. The Hall–Kier alpha value is -4.64. The number of rotatable bonds is 8. The average Bonchev–Trinajstić information content (AvgIpc) is 2.98. The minimum atomic E-state index is -0.848. The molecule has 2 aliphatic rings. The van der Waals surface area contributed by atoms with Gasteiger partial charge in [-0.2, -0.15) is 0 Å². The van der Waals surface area contributed by atoms with Crippen molar-refractivity contribution < 1.29 is 28.6 Å². The standard InChI is InChI=1S/C31H34FN5O5/c1-34-20-29(39)36-27(17-22-5-11-25(38)12-6-22)30(40)35(16-15-21-3-9-24(32)10-4-21)19-28(36)37(34)31(41)33-18-23-7-13-26(42-2)14-8-23/h3-14,27-28,38H,15-20H2,1-2H3,(H,33,41). The molecule has 3 aromatic rings. The van der Waals surface area contributed by atoms with Crippen molar-refractivity contribution in [2.75, 3.05) is 33.8 Å². The number of methoxy groups -OCH3 is 1. The van der Waals surface area contributed by atoms with Crippen LogP contribution in [0, 0.1) is 5.82 Å². The molecule has 2 atom stereocenters. The van der Waals surface area contributed by atoms with Gasteiger partial charge in [-0.1, -0.05) is 36.4 Å². The third-order valence-electron chi connectivity index (χ3n) is 7.70. The van der Waals surface area contributed by atoms with Gasteiger partial charge in [0, 0.05) is 26.6 Å². The summed E-state index contributed by atoms with van der Waals surface area (Å²) in [7, 11) is 3.26. The van der Waals surface area contributed by atoms with Gasteiger partial charge in [-0.25, -0.2) is 19.2 Å². The number of likely N-dealkylation sites (N-methyl/N-ethyl adjacent to an activating group) is 1. The summed E-state index contributed by atoms with van der Waals surface area (Å²) in [5, 5.41) is 15.8. The summed E-state index contributed by atoms with van der Waals surface area (Å²) >= 11 is 0. The first-order valence-corrected chi connectivity index (χ1v) is 13.8. The maximum Gasteiger partial charge on any atom is 0.334 e. The van der Waals surface area contributed by atoms with Crippen molar-refractivity contribution in [1.82, 2.24) is 25.1 Å². The highest BCUT2D eigenvalue weighted by Crippen LogP contribution is 2.28. The number of fused-ring (bicyclic) bond motifs is 1. The van der Waals surface area contributed by atoms with Crippen molar-refractivity contribution in [3.8, 4) is 11.5 Å².